The number of hydrogen-bond acceptors (Lipinski definition) is 4. The SMILES string of the molecule is CCCCCCCCCCCCC(CCCCCCCC)(C(=O)[O-])C(=O)[O-].[K+].[K+]. The molecule has 0 N–H and O–H groups in total. The van der Waals surface area contributed by atoms with Crippen molar-refractivity contribution in [1.29, 1.82) is 0 Å². The Balaban J connectivity index is -0.00000338. The first-order valence-electron chi connectivity index (χ1n) is 11.4. The van der Waals surface area contributed by atoms with Gasteiger partial charge in [0.25, 0.3) is 0 Å². The maximum atomic E-state index is 11.6. The molecule has 0 amide bonds. The maximum absolute atomic E-state index is 11.6. The van der Waals surface area contributed by atoms with E-state index in [2.05, 4.69) is 13.8 Å². The van der Waals surface area contributed by atoms with Gasteiger partial charge in [-0.15, -0.1) is 0 Å². The molecule has 0 spiro atoms. The van der Waals surface area contributed by atoms with Gasteiger partial charge in [-0.05, 0) is 12.8 Å². The molecule has 0 saturated carbocycles. The minimum Gasteiger partial charge on any atom is -0.549 e. The van der Waals surface area contributed by atoms with E-state index in [-0.39, 0.29) is 116 Å². The molecule has 29 heavy (non-hydrogen) atoms. The zero-order chi connectivity index (χ0) is 20.4. The standard InChI is InChI=1S/C23H44O4.2K/c1-3-5-7-9-11-12-13-14-16-18-20-23(21(24)25,22(26)27)19-17-15-10-8-6-4-2;;/h3-20H2,1-2H3,(H,24,25)(H,26,27);;/q;2*+1/p-2. The van der Waals surface area contributed by atoms with E-state index in [1.807, 2.05) is 0 Å². The van der Waals surface area contributed by atoms with E-state index in [0.29, 0.717) is 12.8 Å². The molecule has 4 nitrogen and oxygen atoms in total. The van der Waals surface area contributed by atoms with Gasteiger partial charge in [0.1, 0.15) is 0 Å². The van der Waals surface area contributed by atoms with Gasteiger partial charge >= 0.3 is 103 Å². The molecule has 0 rings (SSSR count). The molecule has 0 atom stereocenters. The maximum Gasteiger partial charge on any atom is 1.00 e. The largest absolute Gasteiger partial charge is 1.00 e. The van der Waals surface area contributed by atoms with E-state index in [4.69, 9.17) is 0 Å². The van der Waals surface area contributed by atoms with Crippen molar-refractivity contribution in [2.24, 2.45) is 5.41 Å². The van der Waals surface area contributed by atoms with Gasteiger partial charge in [0.15, 0.2) is 0 Å². The molecular weight excluding hydrogens is 418 g/mol. The predicted octanol–water partition coefficient (Wildman–Crippen LogP) is -1.46. The van der Waals surface area contributed by atoms with Crippen molar-refractivity contribution in [2.75, 3.05) is 0 Å². The number of unbranched alkanes of at least 4 members (excludes halogenated alkanes) is 14. The second-order valence-corrected chi connectivity index (χ2v) is 8.11. The Morgan fingerprint density at radius 1 is 0.517 bits per heavy atom. The fraction of sp³-hybridized carbons (Fsp3) is 0.913. The van der Waals surface area contributed by atoms with Crippen LogP contribution in [0, 0.1) is 5.41 Å². The van der Waals surface area contributed by atoms with E-state index in [1.54, 1.807) is 0 Å². The van der Waals surface area contributed by atoms with Crippen LogP contribution in [-0.4, -0.2) is 11.9 Å². The summed E-state index contributed by atoms with van der Waals surface area (Å²) in [6, 6.07) is 0. The minimum atomic E-state index is -1.80. The number of carbonyl (C=O) groups is 2. The van der Waals surface area contributed by atoms with E-state index in [1.165, 1.54) is 44.9 Å². The Bertz CT molecular complexity index is 375. The summed E-state index contributed by atoms with van der Waals surface area (Å²) in [7, 11) is 0. The van der Waals surface area contributed by atoms with Crippen LogP contribution in [0.5, 0.6) is 0 Å². The van der Waals surface area contributed by atoms with Crippen LogP contribution >= 0.6 is 0 Å². The predicted molar refractivity (Wildman–Crippen MR) is 107 cm³/mol. The summed E-state index contributed by atoms with van der Waals surface area (Å²) in [6.07, 6.45) is 17.6. The molecule has 6 heteroatoms. The Hall–Kier alpha value is 2.21. The second-order valence-electron chi connectivity index (χ2n) is 8.11. The van der Waals surface area contributed by atoms with Crippen molar-refractivity contribution in [3.05, 3.63) is 0 Å². The van der Waals surface area contributed by atoms with Crippen molar-refractivity contribution in [3.8, 4) is 0 Å². The smallest absolute Gasteiger partial charge is 0.549 e. The fourth-order valence-corrected chi connectivity index (χ4v) is 3.74. The molecule has 0 bridgehead atoms. The summed E-state index contributed by atoms with van der Waals surface area (Å²) >= 11 is 0. The minimum absolute atomic E-state index is 0. The van der Waals surface area contributed by atoms with Crippen molar-refractivity contribution < 1.29 is 123 Å². The number of carbonyl (C=O) groups excluding carboxylic acids is 2. The third kappa shape index (κ3) is 18.3. The van der Waals surface area contributed by atoms with Crippen molar-refractivity contribution in [2.45, 2.75) is 129 Å². The summed E-state index contributed by atoms with van der Waals surface area (Å²) in [5.41, 5.74) is -1.80. The van der Waals surface area contributed by atoms with Crippen LogP contribution in [0.4, 0.5) is 0 Å². The van der Waals surface area contributed by atoms with E-state index < -0.39 is 17.4 Å². The van der Waals surface area contributed by atoms with Gasteiger partial charge in [0, 0.05) is 5.41 Å². The monoisotopic (exact) mass is 460 g/mol. The number of hydrogen-bond donors (Lipinski definition) is 0. The summed E-state index contributed by atoms with van der Waals surface area (Å²) in [5, 5.41) is 23.2. The zero-order valence-corrected chi connectivity index (χ0v) is 26.1. The third-order valence-corrected chi connectivity index (χ3v) is 5.70. The van der Waals surface area contributed by atoms with Gasteiger partial charge < -0.3 is 19.8 Å². The Kier molecular flexibility index (Phi) is 30.7. The Morgan fingerprint density at radius 2 is 0.759 bits per heavy atom. The van der Waals surface area contributed by atoms with Crippen LogP contribution in [0.3, 0.4) is 0 Å². The molecule has 0 heterocycles. The molecular formula is C23H42K2O4. The number of carboxylic acid groups (broad SMARTS) is 2. The van der Waals surface area contributed by atoms with Gasteiger partial charge in [-0.3, -0.25) is 0 Å². The normalized spacial score (nSPS) is 10.8. The van der Waals surface area contributed by atoms with Crippen molar-refractivity contribution >= 4 is 11.9 Å². The van der Waals surface area contributed by atoms with E-state index in [9.17, 15) is 19.8 Å². The van der Waals surface area contributed by atoms with E-state index >= 15 is 0 Å². The first kappa shape index (κ1) is 35.8. The first-order chi connectivity index (χ1) is 13.0. The zero-order valence-electron chi connectivity index (χ0n) is 19.9. The Morgan fingerprint density at radius 3 is 1.00 bits per heavy atom. The van der Waals surface area contributed by atoms with Crippen LogP contribution in [-0.2, 0) is 9.59 Å². The van der Waals surface area contributed by atoms with Crippen molar-refractivity contribution in [3.63, 3.8) is 0 Å². The summed E-state index contributed by atoms with van der Waals surface area (Å²) in [6.45, 7) is 4.36. The molecule has 0 aliphatic heterocycles. The molecule has 0 aromatic heterocycles. The molecule has 0 saturated heterocycles. The van der Waals surface area contributed by atoms with Crippen molar-refractivity contribution in [1.82, 2.24) is 0 Å². The van der Waals surface area contributed by atoms with Crippen LogP contribution < -0.4 is 113 Å². The average molecular weight is 461 g/mol. The Labute approximate surface area is 265 Å². The molecule has 160 valence electrons. The van der Waals surface area contributed by atoms with Crippen LogP contribution in [0.15, 0.2) is 0 Å². The molecule has 0 aromatic carbocycles. The average Bonchev–Trinajstić information content (AvgIpc) is 2.63. The van der Waals surface area contributed by atoms with Crippen LogP contribution in [0.1, 0.15) is 129 Å². The first-order valence-corrected chi connectivity index (χ1v) is 11.4. The molecule has 0 unspecified atom stereocenters. The number of aliphatic carboxylic acids is 2. The van der Waals surface area contributed by atoms with E-state index in [0.717, 1.165) is 44.9 Å². The van der Waals surface area contributed by atoms with Gasteiger partial charge in [-0.25, -0.2) is 0 Å². The number of rotatable bonds is 20. The fourth-order valence-electron chi connectivity index (χ4n) is 3.74. The topological polar surface area (TPSA) is 80.3 Å². The summed E-state index contributed by atoms with van der Waals surface area (Å²) in [5.74, 6) is -2.93. The van der Waals surface area contributed by atoms with Gasteiger partial charge in [-0.1, -0.05) is 117 Å². The number of carboxylic acids is 2. The van der Waals surface area contributed by atoms with Crippen LogP contribution in [0.2, 0.25) is 0 Å². The second kappa shape index (κ2) is 24.8. The van der Waals surface area contributed by atoms with Crippen LogP contribution in [0.25, 0.3) is 0 Å². The van der Waals surface area contributed by atoms with Gasteiger partial charge in [0.05, 0.1) is 11.9 Å². The third-order valence-electron chi connectivity index (χ3n) is 5.70. The molecule has 0 aromatic rings. The quantitative estimate of drug-likeness (QED) is 0.126. The summed E-state index contributed by atoms with van der Waals surface area (Å²) < 4.78 is 0. The molecule has 0 aliphatic rings. The van der Waals surface area contributed by atoms with Gasteiger partial charge in [-0.2, -0.15) is 0 Å². The molecule has 0 aliphatic carbocycles. The van der Waals surface area contributed by atoms with Gasteiger partial charge in [0.2, 0.25) is 0 Å². The molecule has 0 radical (unpaired) electrons. The summed E-state index contributed by atoms with van der Waals surface area (Å²) in [4.78, 5) is 23.2. The molecule has 0 fully saturated rings.